The molecule has 3 nitrogen and oxygen atoms in total. The summed E-state index contributed by atoms with van der Waals surface area (Å²) in [4.78, 5) is 12.6. The fourth-order valence-electron chi connectivity index (χ4n) is 3.76. The van der Waals surface area contributed by atoms with Gasteiger partial charge in [0.05, 0.1) is 5.41 Å². The highest BCUT2D eigenvalue weighted by atomic mass is 16.2. The molecule has 1 amide bonds. The summed E-state index contributed by atoms with van der Waals surface area (Å²) >= 11 is 0. The van der Waals surface area contributed by atoms with Gasteiger partial charge in [-0.05, 0) is 37.1 Å². The predicted molar refractivity (Wildman–Crippen MR) is 78.9 cm³/mol. The Labute approximate surface area is 117 Å². The van der Waals surface area contributed by atoms with Gasteiger partial charge in [0, 0.05) is 13.1 Å². The second-order valence-corrected chi connectivity index (χ2v) is 6.97. The van der Waals surface area contributed by atoms with E-state index in [0.717, 1.165) is 32.0 Å². The van der Waals surface area contributed by atoms with Crippen molar-refractivity contribution in [3.63, 3.8) is 0 Å². The Balaban J connectivity index is 1.89. The lowest BCUT2D eigenvalue weighted by Gasteiger charge is -2.34. The zero-order valence-corrected chi connectivity index (χ0v) is 12.8. The van der Waals surface area contributed by atoms with Crippen LogP contribution >= 0.6 is 0 Å². The topological polar surface area (TPSA) is 41.1 Å². The fraction of sp³-hybridized carbons (Fsp3) is 0.938. The quantitative estimate of drug-likeness (QED) is 0.821. The number of hydrogen-bond donors (Lipinski definition) is 2. The van der Waals surface area contributed by atoms with E-state index in [0.29, 0.717) is 11.8 Å². The van der Waals surface area contributed by atoms with Gasteiger partial charge in [0.1, 0.15) is 0 Å². The van der Waals surface area contributed by atoms with Gasteiger partial charge in [-0.3, -0.25) is 4.79 Å². The van der Waals surface area contributed by atoms with Gasteiger partial charge in [-0.2, -0.15) is 0 Å². The first-order chi connectivity index (χ1) is 9.06. The highest BCUT2D eigenvalue weighted by molar-refractivity contribution is 5.83. The molecule has 2 rings (SSSR count). The lowest BCUT2D eigenvalue weighted by Crippen LogP contribution is -2.47. The van der Waals surface area contributed by atoms with Crippen LogP contribution in [-0.2, 0) is 4.79 Å². The number of nitrogens with one attached hydrogen (secondary N) is 2. The van der Waals surface area contributed by atoms with Crippen LogP contribution in [0.4, 0.5) is 0 Å². The number of hydrogen-bond acceptors (Lipinski definition) is 2. The molecule has 1 heterocycles. The first-order valence-corrected chi connectivity index (χ1v) is 8.05. The molecule has 19 heavy (non-hydrogen) atoms. The van der Waals surface area contributed by atoms with Gasteiger partial charge in [0.25, 0.3) is 0 Å². The van der Waals surface area contributed by atoms with Gasteiger partial charge < -0.3 is 10.6 Å². The molecule has 1 saturated carbocycles. The highest BCUT2D eigenvalue weighted by Gasteiger charge is 2.43. The maximum Gasteiger partial charge on any atom is 0.227 e. The molecule has 2 N–H and O–H groups in total. The van der Waals surface area contributed by atoms with Crippen LogP contribution < -0.4 is 10.6 Å². The molecule has 0 bridgehead atoms. The van der Waals surface area contributed by atoms with Crippen LogP contribution in [0.2, 0.25) is 0 Å². The summed E-state index contributed by atoms with van der Waals surface area (Å²) in [5, 5.41) is 6.63. The molecule has 3 heteroatoms. The minimum absolute atomic E-state index is 0.169. The fourth-order valence-corrected chi connectivity index (χ4v) is 3.76. The van der Waals surface area contributed by atoms with E-state index in [2.05, 4.69) is 31.4 Å². The van der Waals surface area contributed by atoms with E-state index in [1.165, 1.54) is 25.7 Å². The monoisotopic (exact) mass is 266 g/mol. The summed E-state index contributed by atoms with van der Waals surface area (Å²) in [6, 6.07) is 0. The van der Waals surface area contributed by atoms with E-state index < -0.39 is 0 Å². The van der Waals surface area contributed by atoms with Gasteiger partial charge in [0.2, 0.25) is 5.91 Å². The van der Waals surface area contributed by atoms with Crippen molar-refractivity contribution in [1.82, 2.24) is 10.6 Å². The molecule has 110 valence electrons. The summed E-state index contributed by atoms with van der Waals surface area (Å²) in [6.07, 6.45) is 6.30. The van der Waals surface area contributed by atoms with Crippen LogP contribution in [0.25, 0.3) is 0 Å². The van der Waals surface area contributed by atoms with Crippen molar-refractivity contribution in [2.45, 2.75) is 52.9 Å². The molecule has 3 atom stereocenters. The Bertz CT molecular complexity index is 308. The van der Waals surface area contributed by atoms with Crippen molar-refractivity contribution in [2.75, 3.05) is 19.6 Å². The molecule has 0 aromatic rings. The predicted octanol–water partition coefficient (Wildman–Crippen LogP) is 2.56. The van der Waals surface area contributed by atoms with Crippen LogP contribution in [-0.4, -0.2) is 25.5 Å². The third kappa shape index (κ3) is 3.13. The summed E-state index contributed by atoms with van der Waals surface area (Å²) < 4.78 is 0. The Morgan fingerprint density at radius 1 is 1.37 bits per heavy atom. The zero-order valence-electron chi connectivity index (χ0n) is 12.8. The minimum Gasteiger partial charge on any atom is -0.355 e. The third-order valence-electron chi connectivity index (χ3n) is 5.56. The van der Waals surface area contributed by atoms with Gasteiger partial charge in [0.15, 0.2) is 0 Å². The van der Waals surface area contributed by atoms with Crippen molar-refractivity contribution < 1.29 is 4.79 Å². The van der Waals surface area contributed by atoms with E-state index in [-0.39, 0.29) is 11.3 Å². The smallest absolute Gasteiger partial charge is 0.227 e. The molecule has 3 unspecified atom stereocenters. The average Bonchev–Trinajstić information content (AvgIpc) is 2.88. The van der Waals surface area contributed by atoms with Crippen LogP contribution in [0.15, 0.2) is 0 Å². The average molecular weight is 266 g/mol. The summed E-state index contributed by atoms with van der Waals surface area (Å²) in [5.74, 6) is 2.15. The summed E-state index contributed by atoms with van der Waals surface area (Å²) in [7, 11) is 0. The lowest BCUT2D eigenvalue weighted by atomic mass is 9.75. The maximum atomic E-state index is 12.6. The largest absolute Gasteiger partial charge is 0.355 e. The third-order valence-corrected chi connectivity index (χ3v) is 5.56. The Kier molecular flexibility index (Phi) is 4.88. The van der Waals surface area contributed by atoms with E-state index in [1.807, 2.05) is 0 Å². The number of carbonyl (C=O) groups excluding carboxylic acids is 1. The van der Waals surface area contributed by atoms with Crippen molar-refractivity contribution in [3.05, 3.63) is 0 Å². The van der Waals surface area contributed by atoms with E-state index in [9.17, 15) is 4.79 Å². The van der Waals surface area contributed by atoms with E-state index in [1.54, 1.807) is 0 Å². The normalized spacial score (nSPS) is 35.6. The Morgan fingerprint density at radius 2 is 2.11 bits per heavy atom. The van der Waals surface area contributed by atoms with E-state index in [4.69, 9.17) is 0 Å². The number of amides is 1. The van der Waals surface area contributed by atoms with Crippen LogP contribution in [0.1, 0.15) is 52.9 Å². The van der Waals surface area contributed by atoms with Gasteiger partial charge in [-0.25, -0.2) is 0 Å². The van der Waals surface area contributed by atoms with Gasteiger partial charge >= 0.3 is 0 Å². The molecule has 1 saturated heterocycles. The molecule has 2 aliphatic rings. The Morgan fingerprint density at radius 3 is 2.68 bits per heavy atom. The molecule has 2 fully saturated rings. The first-order valence-electron chi connectivity index (χ1n) is 8.05. The van der Waals surface area contributed by atoms with Crippen LogP contribution in [0.5, 0.6) is 0 Å². The van der Waals surface area contributed by atoms with Crippen molar-refractivity contribution in [2.24, 2.45) is 23.2 Å². The van der Waals surface area contributed by atoms with Crippen molar-refractivity contribution >= 4 is 5.91 Å². The summed E-state index contributed by atoms with van der Waals surface area (Å²) in [6.45, 7) is 9.40. The highest BCUT2D eigenvalue weighted by Crippen LogP contribution is 2.35. The SMILES string of the molecule is CC1CCCCC1CNC(=O)C1(C(C)C)CCNC1. The molecule has 0 spiro atoms. The standard InChI is InChI=1S/C16H30N2O/c1-12(2)16(8-9-17-11-16)15(19)18-10-14-7-5-4-6-13(14)3/h12-14,17H,4-11H2,1-3H3,(H,18,19). The second kappa shape index (κ2) is 6.25. The number of rotatable bonds is 4. The zero-order chi connectivity index (χ0) is 13.9. The van der Waals surface area contributed by atoms with Crippen molar-refractivity contribution in [3.8, 4) is 0 Å². The molecule has 0 aromatic carbocycles. The molecular formula is C16H30N2O. The lowest BCUT2D eigenvalue weighted by molar-refractivity contribution is -0.132. The van der Waals surface area contributed by atoms with Gasteiger partial charge in [-0.1, -0.05) is 40.0 Å². The summed E-state index contributed by atoms with van der Waals surface area (Å²) in [5.41, 5.74) is -0.169. The minimum atomic E-state index is -0.169. The molecule has 0 aromatic heterocycles. The molecule has 1 aliphatic heterocycles. The van der Waals surface area contributed by atoms with Crippen LogP contribution in [0.3, 0.4) is 0 Å². The Hall–Kier alpha value is -0.570. The van der Waals surface area contributed by atoms with Gasteiger partial charge in [-0.15, -0.1) is 0 Å². The molecule has 0 radical (unpaired) electrons. The molecular weight excluding hydrogens is 236 g/mol. The molecule has 1 aliphatic carbocycles. The van der Waals surface area contributed by atoms with E-state index >= 15 is 0 Å². The second-order valence-electron chi connectivity index (χ2n) is 6.97. The van der Waals surface area contributed by atoms with Crippen LogP contribution in [0, 0.1) is 23.2 Å². The van der Waals surface area contributed by atoms with Crippen molar-refractivity contribution in [1.29, 1.82) is 0 Å². The number of carbonyl (C=O) groups is 1. The first kappa shape index (κ1) is 14.8. The maximum absolute atomic E-state index is 12.6.